The van der Waals surface area contributed by atoms with E-state index < -0.39 is 139 Å². The van der Waals surface area contributed by atoms with Gasteiger partial charge in [0, 0.05) is 46.3 Å². The number of ether oxygens (including phenoxy) is 6. The predicted octanol–water partition coefficient (Wildman–Crippen LogP) is 20.5. The molecule has 11 amide bonds. The second-order valence-electron chi connectivity index (χ2n) is 37.2. The standard InChI is InChI=1S/C37H37Cl3N2O8S.C37H43ClN4O7.C30H36ClN3O7/c1-21-8-14-31(22(2)17-21)49-16-6-7-33(44)41-23-9-12-26(38)29(18-23)42-36(46)34(35(45)37(3,4)5)50-32-15-11-25(20-28(32)40)51(47,48)24-10-13-30(43)27(39)19-24;1-8-28(49-29-18-15-22(3)19-23(29)4)32(44)39-25-16-17-26(38)27(20-25)40-33(45)30(31(43)37(5,6)7)42-34(46)35(48-9-2)41(36(42)47)21-24-13-11-10-12-14-24;1-9-21(40-22-13-10-16(2)14-17(22)3)25(36)32-18-11-12-19(31)20(15-18)33-26(37)23(24(35)29(4,5)6)34-27(38)30(7,8)41-28(34)39/h8-15,17-20,34,43H,6-7,16H2,1-5H3,(H,41,44)(H,42,46);10-20,28,30,35H,8-9,21H2,1-7H3,(H,39,44)(H,40,45);10-15,21,23H,9H2,1-8H3,(H,32,36)(H,33,37). The molecule has 9 aromatic rings. The van der Waals surface area contributed by atoms with Crippen LogP contribution in [0.1, 0.15) is 162 Å². The maximum absolute atomic E-state index is 14.0. The number of halogens is 5. The number of rotatable bonds is 35. The number of imide groups is 2. The molecule has 0 bridgehead atoms. The summed E-state index contributed by atoms with van der Waals surface area (Å²) in [4.78, 5) is 176. The highest BCUT2D eigenvalue weighted by molar-refractivity contribution is 7.91. The average Bonchev–Trinajstić information content (AvgIpc) is 1.64. The number of Topliss-reactive ketones (excluding diaryl/α,β-unsaturated/α-hetero) is 3. The van der Waals surface area contributed by atoms with E-state index >= 15 is 0 Å². The predicted molar refractivity (Wildman–Crippen MR) is 540 cm³/mol. The largest absolute Gasteiger partial charge is 0.506 e. The molecule has 750 valence electrons. The average molecular weight is 2050 g/mol. The van der Waals surface area contributed by atoms with Gasteiger partial charge in [-0.25, -0.2) is 27.8 Å². The van der Waals surface area contributed by atoms with Crippen molar-refractivity contribution in [1.82, 2.24) is 14.7 Å². The summed E-state index contributed by atoms with van der Waals surface area (Å²) < 4.78 is 60.8. The van der Waals surface area contributed by atoms with Crippen LogP contribution in [-0.2, 0) is 78.6 Å². The molecule has 0 spiro atoms. The summed E-state index contributed by atoms with van der Waals surface area (Å²) in [5.74, 6) is -5.97. The maximum Gasteiger partial charge on any atom is 0.418 e. The van der Waals surface area contributed by atoms with Crippen molar-refractivity contribution in [2.45, 2.75) is 223 Å². The Morgan fingerprint density at radius 2 is 0.879 bits per heavy atom. The highest BCUT2D eigenvalue weighted by Gasteiger charge is 2.57. The minimum absolute atomic E-state index is 0.0180. The smallest absolute Gasteiger partial charge is 0.418 e. The summed E-state index contributed by atoms with van der Waals surface area (Å²) in [7, 11) is -4.11. The summed E-state index contributed by atoms with van der Waals surface area (Å²) in [6.45, 7) is 34.5. The van der Waals surface area contributed by atoms with Crippen LogP contribution in [-0.4, -0.2) is 160 Å². The number of phenolic OH excluding ortho intramolecular Hbond substituents is 1. The number of anilines is 6. The van der Waals surface area contributed by atoms with E-state index in [1.54, 1.807) is 112 Å². The van der Waals surface area contributed by atoms with Crippen LogP contribution in [0.5, 0.6) is 28.7 Å². The summed E-state index contributed by atoms with van der Waals surface area (Å²) >= 11 is 31.5. The number of carbonyl (C=O) groups is 13. The highest BCUT2D eigenvalue weighted by atomic mass is 35.5. The second kappa shape index (κ2) is 47.5. The van der Waals surface area contributed by atoms with E-state index in [0.29, 0.717) is 64.2 Å². The van der Waals surface area contributed by atoms with Gasteiger partial charge in [0.05, 0.1) is 65.1 Å². The van der Waals surface area contributed by atoms with Crippen LogP contribution in [0.15, 0.2) is 186 Å². The van der Waals surface area contributed by atoms with E-state index in [-0.39, 0.29) is 88.9 Å². The highest BCUT2D eigenvalue weighted by Crippen LogP contribution is 2.40. The van der Waals surface area contributed by atoms with E-state index in [1.807, 2.05) is 116 Å². The monoisotopic (exact) mass is 2050 g/mol. The van der Waals surface area contributed by atoms with Crippen LogP contribution < -0.4 is 50.8 Å². The number of nitrogens with zero attached hydrogens (tertiary/aromatic N) is 3. The van der Waals surface area contributed by atoms with Crippen molar-refractivity contribution in [3.8, 4) is 28.7 Å². The van der Waals surface area contributed by atoms with Crippen molar-refractivity contribution >= 4 is 179 Å². The molecule has 7 N–H and O–H groups in total. The summed E-state index contributed by atoms with van der Waals surface area (Å²) in [5.41, 5.74) is 3.19. The van der Waals surface area contributed by atoms with Crippen molar-refractivity contribution in [2.24, 2.45) is 16.2 Å². The molecule has 2 aliphatic rings. The van der Waals surface area contributed by atoms with Gasteiger partial charge in [0.25, 0.3) is 41.4 Å². The Labute approximate surface area is 844 Å². The fourth-order valence-corrected chi connectivity index (χ4v) is 16.7. The minimum atomic E-state index is -4.11. The van der Waals surface area contributed by atoms with E-state index in [4.69, 9.17) is 86.4 Å². The molecule has 6 atom stereocenters. The molecule has 2 aliphatic heterocycles. The number of hydrogen-bond acceptors (Lipinski definition) is 22. The molecular formula is C104H116Cl5N9O22S. The van der Waals surface area contributed by atoms with Crippen molar-refractivity contribution in [2.75, 3.05) is 45.1 Å². The zero-order chi connectivity index (χ0) is 105. The second-order valence-corrected chi connectivity index (χ2v) is 41.2. The van der Waals surface area contributed by atoms with Crippen LogP contribution >= 0.6 is 58.0 Å². The fraction of sp³-hybridized carbons (Fsp3) is 0.356. The molecule has 2 heterocycles. The summed E-state index contributed by atoms with van der Waals surface area (Å²) in [6.07, 6.45) is -4.35. The first-order chi connectivity index (χ1) is 66.0. The molecule has 6 unspecified atom stereocenters. The van der Waals surface area contributed by atoms with Gasteiger partial charge in [0.1, 0.15) is 28.7 Å². The number of amides is 11. The van der Waals surface area contributed by atoms with Crippen molar-refractivity contribution in [3.05, 3.63) is 240 Å². The van der Waals surface area contributed by atoms with Gasteiger partial charge < -0.3 is 65.4 Å². The third-order valence-corrected chi connectivity index (χ3v) is 25.4. The lowest BCUT2D eigenvalue weighted by Crippen LogP contribution is -2.55. The summed E-state index contributed by atoms with van der Waals surface area (Å²) in [6, 6.07) is 42.1. The number of urea groups is 1. The Morgan fingerprint density at radius 1 is 0.461 bits per heavy atom. The zero-order valence-electron chi connectivity index (χ0n) is 81.8. The van der Waals surface area contributed by atoms with E-state index in [1.165, 1.54) is 73.3 Å². The number of aromatic hydroxyl groups is 1. The quantitative estimate of drug-likeness (QED) is 0.0110. The molecular weight excluding hydrogens is 1940 g/mol. The first kappa shape index (κ1) is 112. The molecule has 2 fully saturated rings. The first-order valence-electron chi connectivity index (χ1n) is 45.1. The van der Waals surface area contributed by atoms with E-state index in [2.05, 4.69) is 31.9 Å². The SMILES string of the molecule is CCC(Oc1ccc(C)cc1C)C(=O)Nc1ccc(Cl)c(NC(=O)C(C(=O)C(C)(C)C)N2C(=O)OC(C)(C)C2=O)c1.CCOC1C(=O)N(C(C(=O)Nc2cc(NC(=O)C(CC)Oc3ccc(C)cc3C)ccc2Cl)C(=O)C(C)(C)C)C(=O)N1Cc1ccccc1.Cc1ccc(OCCCC(=O)Nc2ccc(Cl)c(NC(=O)C(Oc3ccc(S(=O)(=O)c4ccc(O)c(Cl)c4)cc3Cl)C(=O)C(C)(C)C)c2)c(C)c1. The van der Waals surface area contributed by atoms with Gasteiger partial charge in [0.2, 0.25) is 28.1 Å². The fourth-order valence-electron chi connectivity index (χ4n) is 14.3. The number of phenols is 1. The molecule has 0 radical (unpaired) electrons. The Hall–Kier alpha value is -13.0. The first-order valence-corrected chi connectivity index (χ1v) is 48.4. The lowest BCUT2D eigenvalue weighted by atomic mass is 9.85. The molecule has 141 heavy (non-hydrogen) atoms. The number of aryl methyl sites for hydroxylation is 6. The van der Waals surface area contributed by atoms with Gasteiger partial charge in [-0.15, -0.1) is 0 Å². The molecule has 9 aromatic carbocycles. The van der Waals surface area contributed by atoms with Crippen molar-refractivity contribution in [3.63, 3.8) is 0 Å². The number of nitrogens with one attached hydrogen (secondary N) is 6. The van der Waals surface area contributed by atoms with Crippen LogP contribution in [0, 0.1) is 57.8 Å². The number of hydrogen-bond donors (Lipinski definition) is 7. The van der Waals surface area contributed by atoms with Crippen LogP contribution in [0.4, 0.5) is 43.7 Å². The van der Waals surface area contributed by atoms with Crippen LogP contribution in [0.2, 0.25) is 25.1 Å². The van der Waals surface area contributed by atoms with Gasteiger partial charge in [-0.1, -0.05) is 218 Å². The number of ketones is 3. The van der Waals surface area contributed by atoms with Gasteiger partial charge in [-0.3, -0.25) is 57.6 Å². The van der Waals surface area contributed by atoms with Gasteiger partial charge >= 0.3 is 12.1 Å². The van der Waals surface area contributed by atoms with Gasteiger partial charge in [-0.05, 0) is 213 Å². The number of cyclic esters (lactones) is 1. The Bertz CT molecular complexity index is 6400. The van der Waals surface area contributed by atoms with E-state index in [9.17, 15) is 75.9 Å². The Balaban J connectivity index is 0.000000238. The molecule has 31 nitrogen and oxygen atoms in total. The molecule has 0 saturated carbocycles. The molecule has 0 aromatic heterocycles. The van der Waals surface area contributed by atoms with Crippen molar-refractivity contribution in [1.29, 1.82) is 0 Å². The van der Waals surface area contributed by atoms with Gasteiger partial charge in [0.15, 0.2) is 47.2 Å². The molecule has 11 rings (SSSR count). The van der Waals surface area contributed by atoms with Crippen LogP contribution in [0.25, 0.3) is 0 Å². The lowest BCUT2D eigenvalue weighted by Gasteiger charge is -2.29. The molecule has 2 saturated heterocycles. The topological polar surface area (TPSA) is 414 Å². The normalized spacial score (nSPS) is 14.6. The number of benzene rings is 9. The van der Waals surface area contributed by atoms with Gasteiger partial charge in [-0.2, -0.15) is 0 Å². The van der Waals surface area contributed by atoms with Crippen LogP contribution in [0.3, 0.4) is 0 Å². The molecule has 0 aliphatic carbocycles. The third kappa shape index (κ3) is 28.9. The minimum Gasteiger partial charge on any atom is -0.506 e. The Morgan fingerprint density at radius 3 is 1.29 bits per heavy atom. The van der Waals surface area contributed by atoms with Crippen molar-refractivity contribution < 1.29 is 104 Å². The number of carbonyl (C=O) groups excluding carboxylic acids is 13. The number of sulfone groups is 1. The molecule has 37 heteroatoms. The Kier molecular flexibility index (Phi) is 37.7. The third-order valence-electron chi connectivity index (χ3n) is 22.0. The van der Waals surface area contributed by atoms with E-state index in [0.717, 1.165) is 62.9 Å². The summed E-state index contributed by atoms with van der Waals surface area (Å²) in [5, 5.41) is 25.8. The zero-order valence-corrected chi connectivity index (χ0v) is 86.4. The maximum atomic E-state index is 14.0. The lowest BCUT2D eigenvalue weighted by molar-refractivity contribution is -0.149.